The van der Waals surface area contributed by atoms with Crippen LogP contribution >= 0.6 is 11.8 Å². The summed E-state index contributed by atoms with van der Waals surface area (Å²) in [6.07, 6.45) is 0. The summed E-state index contributed by atoms with van der Waals surface area (Å²) in [5.41, 5.74) is 0.00586. The minimum Gasteiger partial charge on any atom is -0.462 e. The second kappa shape index (κ2) is 7.82. The Labute approximate surface area is 126 Å². The number of nitrogens with zero attached hydrogens (tertiary/aromatic N) is 1. The van der Waals surface area contributed by atoms with Crippen molar-refractivity contribution in [3.63, 3.8) is 0 Å². The molecule has 0 atom stereocenters. The van der Waals surface area contributed by atoms with Crippen LogP contribution < -0.4 is 11.0 Å². The SMILES string of the molecule is CCOC(=O)c1c(SCC(=O)NC(C)C)nc(=O)[nH]c1C. The Bertz CT molecular complexity index is 583. The molecule has 0 fully saturated rings. The average molecular weight is 313 g/mol. The van der Waals surface area contributed by atoms with E-state index in [1.54, 1.807) is 13.8 Å². The molecular formula is C13H19N3O4S. The molecule has 0 aliphatic heterocycles. The molecule has 1 rings (SSSR count). The summed E-state index contributed by atoms with van der Waals surface area (Å²) in [7, 11) is 0. The van der Waals surface area contributed by atoms with Crippen LogP contribution in [0.3, 0.4) is 0 Å². The third kappa shape index (κ3) is 5.22. The summed E-state index contributed by atoms with van der Waals surface area (Å²) in [6, 6.07) is 0.0245. The van der Waals surface area contributed by atoms with E-state index >= 15 is 0 Å². The molecule has 0 unspecified atom stereocenters. The van der Waals surface area contributed by atoms with Gasteiger partial charge in [0.25, 0.3) is 0 Å². The van der Waals surface area contributed by atoms with Crippen molar-refractivity contribution >= 4 is 23.6 Å². The number of nitrogens with one attached hydrogen (secondary N) is 2. The average Bonchev–Trinajstić information content (AvgIpc) is 2.34. The highest BCUT2D eigenvalue weighted by atomic mass is 32.2. The molecule has 0 saturated heterocycles. The Balaban J connectivity index is 2.97. The Morgan fingerprint density at radius 1 is 1.43 bits per heavy atom. The number of hydrogen-bond donors (Lipinski definition) is 2. The molecule has 1 amide bonds. The van der Waals surface area contributed by atoms with Crippen LogP contribution in [0, 0.1) is 6.92 Å². The van der Waals surface area contributed by atoms with E-state index in [9.17, 15) is 14.4 Å². The predicted molar refractivity (Wildman–Crippen MR) is 79.6 cm³/mol. The van der Waals surface area contributed by atoms with Gasteiger partial charge in [-0.15, -0.1) is 0 Å². The summed E-state index contributed by atoms with van der Waals surface area (Å²) < 4.78 is 4.95. The molecule has 1 aromatic rings. The summed E-state index contributed by atoms with van der Waals surface area (Å²) in [4.78, 5) is 41.2. The molecule has 1 heterocycles. The summed E-state index contributed by atoms with van der Waals surface area (Å²) in [5, 5.41) is 2.93. The van der Waals surface area contributed by atoms with Gasteiger partial charge in [-0.2, -0.15) is 4.98 Å². The fraction of sp³-hybridized carbons (Fsp3) is 0.538. The van der Waals surface area contributed by atoms with E-state index in [0.29, 0.717) is 5.69 Å². The molecule has 0 radical (unpaired) electrons. The second-order valence-corrected chi connectivity index (χ2v) is 5.54. The van der Waals surface area contributed by atoms with Crippen LogP contribution in [0.4, 0.5) is 0 Å². The molecule has 116 valence electrons. The largest absolute Gasteiger partial charge is 0.462 e. The van der Waals surface area contributed by atoms with Gasteiger partial charge in [0, 0.05) is 11.7 Å². The standard InChI is InChI=1S/C13H19N3O4S/c1-5-20-12(18)10-8(4)15-13(19)16-11(10)21-6-9(17)14-7(2)3/h7H,5-6H2,1-4H3,(H,14,17)(H,15,16,19). The van der Waals surface area contributed by atoms with Crippen LogP contribution in [-0.4, -0.2) is 40.2 Å². The molecule has 21 heavy (non-hydrogen) atoms. The highest BCUT2D eigenvalue weighted by Gasteiger charge is 2.20. The molecule has 0 spiro atoms. The lowest BCUT2D eigenvalue weighted by Crippen LogP contribution is -2.31. The summed E-state index contributed by atoms with van der Waals surface area (Å²) in [5.74, 6) is -0.685. The monoisotopic (exact) mass is 313 g/mol. The second-order valence-electron chi connectivity index (χ2n) is 4.58. The third-order valence-electron chi connectivity index (χ3n) is 2.36. The maximum absolute atomic E-state index is 11.9. The first-order valence-corrected chi connectivity index (χ1v) is 7.53. The summed E-state index contributed by atoms with van der Waals surface area (Å²) in [6.45, 7) is 7.20. The van der Waals surface area contributed by atoms with Crippen molar-refractivity contribution in [2.24, 2.45) is 0 Å². The molecule has 0 bridgehead atoms. The lowest BCUT2D eigenvalue weighted by Gasteiger charge is -2.11. The zero-order valence-electron chi connectivity index (χ0n) is 12.5. The highest BCUT2D eigenvalue weighted by Crippen LogP contribution is 2.21. The number of aromatic amines is 1. The number of esters is 1. The van der Waals surface area contributed by atoms with E-state index in [2.05, 4.69) is 15.3 Å². The van der Waals surface area contributed by atoms with E-state index in [1.807, 2.05) is 13.8 Å². The van der Waals surface area contributed by atoms with Crippen LogP contribution in [0.1, 0.15) is 36.8 Å². The van der Waals surface area contributed by atoms with Gasteiger partial charge in [0.2, 0.25) is 5.91 Å². The number of carbonyl (C=O) groups excluding carboxylic acids is 2. The van der Waals surface area contributed by atoms with Crippen LogP contribution in [0.15, 0.2) is 9.82 Å². The first-order valence-electron chi connectivity index (χ1n) is 6.55. The van der Waals surface area contributed by atoms with Gasteiger partial charge in [-0.05, 0) is 27.7 Å². The van der Waals surface area contributed by atoms with E-state index in [0.717, 1.165) is 11.8 Å². The fourth-order valence-corrected chi connectivity index (χ4v) is 2.48. The van der Waals surface area contributed by atoms with Gasteiger partial charge in [-0.3, -0.25) is 4.79 Å². The van der Waals surface area contributed by atoms with Crippen LogP contribution in [0.25, 0.3) is 0 Å². The van der Waals surface area contributed by atoms with Crippen molar-refractivity contribution in [3.05, 3.63) is 21.7 Å². The van der Waals surface area contributed by atoms with Crippen LogP contribution in [-0.2, 0) is 9.53 Å². The van der Waals surface area contributed by atoms with Gasteiger partial charge in [-0.25, -0.2) is 9.59 Å². The smallest absolute Gasteiger partial charge is 0.346 e. The fourth-order valence-electron chi connectivity index (χ4n) is 1.61. The van der Waals surface area contributed by atoms with Gasteiger partial charge in [-0.1, -0.05) is 11.8 Å². The predicted octanol–water partition coefficient (Wildman–Crippen LogP) is 0.872. The molecule has 7 nitrogen and oxygen atoms in total. The maximum atomic E-state index is 11.9. The Morgan fingerprint density at radius 3 is 2.67 bits per heavy atom. The minimum atomic E-state index is -0.564. The molecule has 1 aromatic heterocycles. The zero-order valence-corrected chi connectivity index (χ0v) is 13.3. The number of rotatable bonds is 6. The summed E-state index contributed by atoms with van der Waals surface area (Å²) >= 11 is 1.04. The molecule has 0 saturated carbocycles. The van der Waals surface area contributed by atoms with Gasteiger partial charge < -0.3 is 15.0 Å². The number of thioether (sulfide) groups is 1. The quantitative estimate of drug-likeness (QED) is 0.459. The third-order valence-corrected chi connectivity index (χ3v) is 3.33. The van der Waals surface area contributed by atoms with E-state index in [4.69, 9.17) is 4.74 Å². The maximum Gasteiger partial charge on any atom is 0.346 e. The van der Waals surface area contributed by atoms with E-state index in [1.165, 1.54) is 0 Å². The number of hydrogen-bond acceptors (Lipinski definition) is 6. The Hall–Kier alpha value is -1.83. The van der Waals surface area contributed by atoms with Gasteiger partial charge in [0.1, 0.15) is 10.6 Å². The lowest BCUT2D eigenvalue weighted by molar-refractivity contribution is -0.119. The molecule has 0 aliphatic rings. The van der Waals surface area contributed by atoms with Crippen LogP contribution in [0.2, 0.25) is 0 Å². The number of ether oxygens (including phenoxy) is 1. The molecule has 2 N–H and O–H groups in total. The Morgan fingerprint density at radius 2 is 2.10 bits per heavy atom. The number of aryl methyl sites for hydroxylation is 1. The Kier molecular flexibility index (Phi) is 6.41. The molecule has 8 heteroatoms. The van der Waals surface area contributed by atoms with Crippen molar-refractivity contribution in [1.29, 1.82) is 0 Å². The van der Waals surface area contributed by atoms with Gasteiger partial charge in [0.15, 0.2) is 0 Å². The molecular weight excluding hydrogens is 294 g/mol. The van der Waals surface area contributed by atoms with Crippen molar-refractivity contribution < 1.29 is 14.3 Å². The van der Waals surface area contributed by atoms with E-state index < -0.39 is 11.7 Å². The van der Waals surface area contributed by atoms with E-state index in [-0.39, 0.29) is 34.9 Å². The molecule has 0 aliphatic carbocycles. The lowest BCUT2D eigenvalue weighted by atomic mass is 10.2. The topological polar surface area (TPSA) is 101 Å². The van der Waals surface area contributed by atoms with Gasteiger partial charge in [0.05, 0.1) is 12.4 Å². The number of aromatic nitrogens is 2. The van der Waals surface area contributed by atoms with Crippen molar-refractivity contribution in [2.45, 2.75) is 38.8 Å². The highest BCUT2D eigenvalue weighted by molar-refractivity contribution is 8.00. The van der Waals surface area contributed by atoms with Crippen molar-refractivity contribution in [3.8, 4) is 0 Å². The minimum absolute atomic E-state index is 0.0245. The number of H-pyrrole nitrogens is 1. The number of carbonyl (C=O) groups is 2. The first kappa shape index (κ1) is 17.2. The van der Waals surface area contributed by atoms with Crippen LogP contribution in [0.5, 0.6) is 0 Å². The van der Waals surface area contributed by atoms with Crippen molar-refractivity contribution in [2.75, 3.05) is 12.4 Å². The molecule has 0 aromatic carbocycles. The van der Waals surface area contributed by atoms with Crippen molar-refractivity contribution in [1.82, 2.24) is 15.3 Å². The van der Waals surface area contributed by atoms with Gasteiger partial charge >= 0.3 is 11.7 Å². The first-order chi connectivity index (χ1) is 9.85. The normalized spacial score (nSPS) is 10.5. The number of amides is 1. The zero-order chi connectivity index (χ0) is 16.0.